The predicted molar refractivity (Wildman–Crippen MR) is 63.1 cm³/mol. The third-order valence-electron chi connectivity index (χ3n) is 3.23. The van der Waals surface area contributed by atoms with Crippen molar-refractivity contribution in [1.82, 2.24) is 0 Å². The van der Waals surface area contributed by atoms with E-state index in [0.29, 0.717) is 18.2 Å². The minimum Gasteiger partial charge on any atom is -0.488 e. The Morgan fingerprint density at radius 2 is 1.88 bits per heavy atom. The van der Waals surface area contributed by atoms with Crippen LogP contribution in [0.4, 0.5) is 5.69 Å². The lowest BCUT2D eigenvalue weighted by molar-refractivity contribution is 0.330. The van der Waals surface area contributed by atoms with E-state index in [4.69, 9.17) is 4.74 Å². The lowest BCUT2D eigenvalue weighted by atomic mass is 9.98. The highest BCUT2D eigenvalue weighted by Crippen LogP contribution is 2.27. The van der Waals surface area contributed by atoms with Crippen molar-refractivity contribution in [2.45, 2.75) is 26.7 Å². The van der Waals surface area contributed by atoms with E-state index in [9.17, 15) is 9.59 Å². The Kier molecular flexibility index (Phi) is 2.99. The Morgan fingerprint density at radius 3 is 2.44 bits per heavy atom. The summed E-state index contributed by atoms with van der Waals surface area (Å²) < 4.78 is 5.22. The molecule has 0 aliphatic carbocycles. The molecule has 88 valence electrons. The summed E-state index contributed by atoms with van der Waals surface area (Å²) in [6, 6.07) is 0. The average Bonchev–Trinajstić information content (AvgIpc) is 2.30. The van der Waals surface area contributed by atoms with E-state index in [2.05, 4.69) is 6.92 Å². The first-order valence-corrected chi connectivity index (χ1v) is 5.86. The maximum absolute atomic E-state index is 11.5. The topological polar surface area (TPSA) is 46.6 Å². The lowest BCUT2D eigenvalue weighted by Crippen LogP contribution is -2.44. The summed E-state index contributed by atoms with van der Waals surface area (Å²) in [5.74, 6) is 0.986. The number of hydrogen-bond donors (Lipinski definition) is 0. The summed E-state index contributed by atoms with van der Waals surface area (Å²) in [5.41, 5.74) is -0.327. The second-order valence-corrected chi connectivity index (χ2v) is 4.44. The van der Waals surface area contributed by atoms with Crippen molar-refractivity contribution < 1.29 is 4.74 Å². The van der Waals surface area contributed by atoms with E-state index in [1.54, 1.807) is 0 Å². The van der Waals surface area contributed by atoms with Crippen molar-refractivity contribution in [1.29, 1.82) is 0 Å². The van der Waals surface area contributed by atoms with Gasteiger partial charge in [-0.2, -0.15) is 0 Å². The molecule has 1 fully saturated rings. The molecule has 0 spiro atoms. The van der Waals surface area contributed by atoms with Gasteiger partial charge in [0, 0.05) is 13.1 Å². The van der Waals surface area contributed by atoms with Gasteiger partial charge in [0.05, 0.1) is 6.61 Å². The molecule has 0 atom stereocenters. The fraction of sp³-hybridized carbons (Fsp3) is 0.667. The van der Waals surface area contributed by atoms with Crippen LogP contribution >= 0.6 is 0 Å². The number of piperidine rings is 1. The molecule has 1 heterocycles. The summed E-state index contributed by atoms with van der Waals surface area (Å²) in [6.07, 6.45) is 2.15. The first kappa shape index (κ1) is 11.2. The van der Waals surface area contributed by atoms with Crippen LogP contribution in [-0.2, 0) is 0 Å². The van der Waals surface area contributed by atoms with Crippen LogP contribution in [0.2, 0.25) is 0 Å². The standard InChI is InChI=1S/C12H17NO3/c1-3-16-12-9(10(14)11(12)15)13-6-4-8(2)5-7-13/h8H,3-7H2,1-2H3. The van der Waals surface area contributed by atoms with E-state index in [-0.39, 0.29) is 11.2 Å². The largest absolute Gasteiger partial charge is 0.488 e. The van der Waals surface area contributed by atoms with Crippen LogP contribution in [0.1, 0.15) is 26.7 Å². The molecule has 0 saturated carbocycles. The van der Waals surface area contributed by atoms with Gasteiger partial charge in [-0.05, 0) is 25.7 Å². The van der Waals surface area contributed by atoms with Gasteiger partial charge in [0.25, 0.3) is 10.9 Å². The third-order valence-corrected chi connectivity index (χ3v) is 3.23. The predicted octanol–water partition coefficient (Wildman–Crippen LogP) is 0.918. The van der Waals surface area contributed by atoms with Crippen molar-refractivity contribution >= 4 is 5.69 Å². The quantitative estimate of drug-likeness (QED) is 0.715. The Labute approximate surface area is 94.5 Å². The van der Waals surface area contributed by atoms with Gasteiger partial charge >= 0.3 is 0 Å². The summed E-state index contributed by atoms with van der Waals surface area (Å²) in [6.45, 7) is 6.17. The van der Waals surface area contributed by atoms with Gasteiger partial charge in [0.2, 0.25) is 0 Å². The molecule has 1 aromatic rings. The normalized spacial score (nSPS) is 18.0. The second kappa shape index (κ2) is 4.28. The van der Waals surface area contributed by atoms with Crippen LogP contribution in [0.15, 0.2) is 9.59 Å². The minimum atomic E-state index is -0.463. The zero-order valence-electron chi connectivity index (χ0n) is 9.78. The van der Waals surface area contributed by atoms with Crippen molar-refractivity contribution in [3.05, 3.63) is 20.4 Å². The van der Waals surface area contributed by atoms with Crippen molar-refractivity contribution in [3.8, 4) is 5.75 Å². The molecule has 4 heteroatoms. The molecule has 1 aliphatic rings. The minimum absolute atomic E-state index is 0.280. The smallest absolute Gasteiger partial charge is 0.272 e. The highest BCUT2D eigenvalue weighted by molar-refractivity contribution is 5.63. The Morgan fingerprint density at radius 1 is 1.25 bits per heavy atom. The zero-order chi connectivity index (χ0) is 11.7. The Hall–Kier alpha value is -1.32. The molecule has 0 N–H and O–H groups in total. The van der Waals surface area contributed by atoms with Gasteiger partial charge in [-0.15, -0.1) is 0 Å². The summed E-state index contributed by atoms with van der Waals surface area (Å²) >= 11 is 0. The first-order chi connectivity index (χ1) is 7.65. The average molecular weight is 223 g/mol. The Bertz CT molecular complexity index is 437. The fourth-order valence-electron chi connectivity index (χ4n) is 2.16. The highest BCUT2D eigenvalue weighted by Gasteiger charge is 2.29. The van der Waals surface area contributed by atoms with Crippen LogP contribution in [0, 0.1) is 5.92 Å². The number of nitrogens with zero attached hydrogens (tertiary/aromatic N) is 1. The molecule has 0 unspecified atom stereocenters. The summed E-state index contributed by atoms with van der Waals surface area (Å²) in [7, 11) is 0. The molecule has 16 heavy (non-hydrogen) atoms. The molecule has 0 bridgehead atoms. The number of rotatable bonds is 3. The van der Waals surface area contributed by atoms with Crippen molar-refractivity contribution in [2.24, 2.45) is 5.92 Å². The molecule has 4 nitrogen and oxygen atoms in total. The first-order valence-electron chi connectivity index (χ1n) is 5.86. The Balaban J connectivity index is 2.18. The van der Waals surface area contributed by atoms with Crippen LogP contribution in [-0.4, -0.2) is 19.7 Å². The van der Waals surface area contributed by atoms with Crippen molar-refractivity contribution in [3.63, 3.8) is 0 Å². The van der Waals surface area contributed by atoms with Gasteiger partial charge < -0.3 is 9.64 Å². The van der Waals surface area contributed by atoms with Gasteiger partial charge in [0.15, 0.2) is 5.75 Å². The number of hydrogen-bond acceptors (Lipinski definition) is 4. The van der Waals surface area contributed by atoms with Crippen LogP contribution < -0.4 is 20.5 Å². The van der Waals surface area contributed by atoms with Crippen LogP contribution in [0.5, 0.6) is 5.75 Å². The summed E-state index contributed by atoms with van der Waals surface area (Å²) in [4.78, 5) is 24.8. The monoisotopic (exact) mass is 223 g/mol. The highest BCUT2D eigenvalue weighted by atomic mass is 16.5. The molecule has 1 aromatic carbocycles. The molecular weight excluding hydrogens is 206 g/mol. The molecule has 0 aromatic heterocycles. The van der Waals surface area contributed by atoms with Crippen LogP contribution in [0.3, 0.4) is 0 Å². The zero-order valence-corrected chi connectivity index (χ0v) is 9.78. The van der Waals surface area contributed by atoms with E-state index < -0.39 is 5.43 Å². The van der Waals surface area contributed by atoms with Gasteiger partial charge in [0.1, 0.15) is 5.69 Å². The maximum Gasteiger partial charge on any atom is 0.272 e. The van der Waals surface area contributed by atoms with Gasteiger partial charge in [-0.1, -0.05) is 6.92 Å². The van der Waals surface area contributed by atoms with Crippen LogP contribution in [0.25, 0.3) is 0 Å². The van der Waals surface area contributed by atoms with Gasteiger partial charge in [-0.3, -0.25) is 9.59 Å². The van der Waals surface area contributed by atoms with E-state index in [1.165, 1.54) is 0 Å². The number of ether oxygens (including phenoxy) is 1. The lowest BCUT2D eigenvalue weighted by Gasteiger charge is -2.33. The summed E-state index contributed by atoms with van der Waals surface area (Å²) in [5, 5.41) is 0. The van der Waals surface area contributed by atoms with E-state index in [0.717, 1.165) is 25.9 Å². The molecule has 2 rings (SSSR count). The molecule has 0 radical (unpaired) electrons. The maximum atomic E-state index is 11.5. The van der Waals surface area contributed by atoms with Crippen molar-refractivity contribution in [2.75, 3.05) is 24.6 Å². The second-order valence-electron chi connectivity index (χ2n) is 4.44. The molecule has 1 aliphatic heterocycles. The molecule has 1 saturated heterocycles. The number of anilines is 1. The van der Waals surface area contributed by atoms with E-state index >= 15 is 0 Å². The molecule has 0 amide bonds. The SMILES string of the molecule is CCOc1c(N2CCC(C)CC2)c(=O)c1=O. The third kappa shape index (κ3) is 1.72. The fourth-order valence-corrected chi connectivity index (χ4v) is 2.16. The molecular formula is C12H17NO3. The van der Waals surface area contributed by atoms with E-state index in [1.807, 2.05) is 11.8 Å². The van der Waals surface area contributed by atoms with Gasteiger partial charge in [-0.25, -0.2) is 0 Å².